The van der Waals surface area contributed by atoms with Crippen LogP contribution in [0.25, 0.3) is 0 Å². The molecule has 3 heterocycles. The predicted molar refractivity (Wildman–Crippen MR) is 77.7 cm³/mol. The SMILES string of the molecule is O=C([C@H]1C[C@@H]2CN(S(=O)(=O)C3CC3)C[C@H]1O2)N1CCOCC1. The van der Waals surface area contributed by atoms with Crippen LogP contribution in [0.5, 0.6) is 0 Å². The Labute approximate surface area is 130 Å². The molecule has 1 saturated carbocycles. The maximum atomic E-state index is 12.7. The number of rotatable bonds is 3. The third kappa shape index (κ3) is 2.55. The van der Waals surface area contributed by atoms with Crippen molar-refractivity contribution in [2.24, 2.45) is 5.92 Å². The first-order valence-corrected chi connectivity index (χ1v) is 9.57. The van der Waals surface area contributed by atoms with Gasteiger partial charge in [-0.15, -0.1) is 0 Å². The highest BCUT2D eigenvalue weighted by Crippen LogP contribution is 2.38. The van der Waals surface area contributed by atoms with E-state index in [4.69, 9.17) is 9.47 Å². The van der Waals surface area contributed by atoms with Crippen LogP contribution in [0.2, 0.25) is 0 Å². The van der Waals surface area contributed by atoms with Gasteiger partial charge >= 0.3 is 0 Å². The summed E-state index contributed by atoms with van der Waals surface area (Å²) in [5, 5.41) is -0.196. The molecule has 0 aromatic heterocycles. The van der Waals surface area contributed by atoms with Gasteiger partial charge in [0, 0.05) is 26.2 Å². The third-order valence-electron chi connectivity index (χ3n) is 5.07. The van der Waals surface area contributed by atoms with Crippen LogP contribution in [-0.2, 0) is 24.3 Å². The lowest BCUT2D eigenvalue weighted by Crippen LogP contribution is -2.50. The van der Waals surface area contributed by atoms with Crippen molar-refractivity contribution in [3.63, 3.8) is 0 Å². The van der Waals surface area contributed by atoms with E-state index in [1.807, 2.05) is 4.90 Å². The van der Waals surface area contributed by atoms with Crippen molar-refractivity contribution in [3.8, 4) is 0 Å². The van der Waals surface area contributed by atoms with Gasteiger partial charge in [-0.2, -0.15) is 4.31 Å². The maximum Gasteiger partial charge on any atom is 0.228 e. The van der Waals surface area contributed by atoms with Crippen LogP contribution in [-0.4, -0.2) is 80.4 Å². The highest BCUT2D eigenvalue weighted by Gasteiger charge is 2.50. The molecular formula is C14H22N2O5S. The van der Waals surface area contributed by atoms with E-state index in [1.165, 1.54) is 0 Å². The fourth-order valence-electron chi connectivity index (χ4n) is 3.69. The van der Waals surface area contributed by atoms with Gasteiger partial charge in [-0.25, -0.2) is 8.42 Å². The molecule has 22 heavy (non-hydrogen) atoms. The van der Waals surface area contributed by atoms with Crippen LogP contribution >= 0.6 is 0 Å². The molecule has 4 rings (SSSR count). The second-order valence-electron chi connectivity index (χ2n) is 6.64. The van der Waals surface area contributed by atoms with Gasteiger partial charge in [-0.05, 0) is 19.3 Å². The van der Waals surface area contributed by atoms with Crippen LogP contribution in [0.1, 0.15) is 19.3 Å². The summed E-state index contributed by atoms with van der Waals surface area (Å²) in [5.74, 6) is -0.107. The Bertz CT molecular complexity index is 556. The molecule has 2 bridgehead atoms. The molecule has 3 atom stereocenters. The number of amides is 1. The average Bonchev–Trinajstić information content (AvgIpc) is 3.34. The monoisotopic (exact) mass is 330 g/mol. The summed E-state index contributed by atoms with van der Waals surface area (Å²) < 4.78 is 37.5. The number of nitrogens with zero attached hydrogens (tertiary/aromatic N) is 2. The van der Waals surface area contributed by atoms with Gasteiger partial charge in [0.05, 0.1) is 36.6 Å². The minimum Gasteiger partial charge on any atom is -0.378 e. The Morgan fingerprint density at radius 2 is 1.82 bits per heavy atom. The van der Waals surface area contributed by atoms with E-state index in [0.717, 1.165) is 12.8 Å². The summed E-state index contributed by atoms with van der Waals surface area (Å²) in [6.07, 6.45) is 1.75. The van der Waals surface area contributed by atoms with E-state index in [1.54, 1.807) is 4.31 Å². The molecule has 4 aliphatic rings. The molecule has 3 saturated heterocycles. The molecule has 0 radical (unpaired) electrons. The smallest absolute Gasteiger partial charge is 0.228 e. The minimum absolute atomic E-state index is 0.0986. The molecule has 0 unspecified atom stereocenters. The van der Waals surface area contributed by atoms with E-state index >= 15 is 0 Å². The second kappa shape index (κ2) is 5.43. The number of fused-ring (bicyclic) bond motifs is 2. The first-order valence-electron chi connectivity index (χ1n) is 8.06. The molecule has 0 aromatic rings. The van der Waals surface area contributed by atoms with Crippen LogP contribution in [0, 0.1) is 5.92 Å². The number of ether oxygens (including phenoxy) is 2. The lowest BCUT2D eigenvalue weighted by atomic mass is 9.98. The van der Waals surface area contributed by atoms with Crippen molar-refractivity contribution in [1.29, 1.82) is 0 Å². The molecule has 0 N–H and O–H groups in total. The van der Waals surface area contributed by atoms with Crippen molar-refractivity contribution in [2.75, 3.05) is 39.4 Å². The van der Waals surface area contributed by atoms with Crippen molar-refractivity contribution in [1.82, 2.24) is 9.21 Å². The van der Waals surface area contributed by atoms with Crippen molar-refractivity contribution >= 4 is 15.9 Å². The van der Waals surface area contributed by atoms with Crippen molar-refractivity contribution in [2.45, 2.75) is 36.7 Å². The van der Waals surface area contributed by atoms with Crippen LogP contribution in [0.3, 0.4) is 0 Å². The van der Waals surface area contributed by atoms with Gasteiger partial charge in [0.1, 0.15) is 0 Å². The topological polar surface area (TPSA) is 76.2 Å². The van der Waals surface area contributed by atoms with Crippen LogP contribution in [0.15, 0.2) is 0 Å². The van der Waals surface area contributed by atoms with E-state index in [2.05, 4.69) is 0 Å². The van der Waals surface area contributed by atoms with Gasteiger partial charge in [-0.1, -0.05) is 0 Å². The molecule has 7 nitrogen and oxygen atoms in total. The number of sulfonamides is 1. The molecule has 1 amide bonds. The number of morpholine rings is 2. The zero-order valence-electron chi connectivity index (χ0n) is 12.5. The summed E-state index contributed by atoms with van der Waals surface area (Å²) in [4.78, 5) is 14.5. The van der Waals surface area contributed by atoms with Crippen LogP contribution < -0.4 is 0 Å². The maximum absolute atomic E-state index is 12.7. The Hall–Kier alpha value is -0.700. The molecular weight excluding hydrogens is 308 g/mol. The largest absolute Gasteiger partial charge is 0.378 e. The minimum atomic E-state index is -3.18. The first kappa shape index (κ1) is 14.9. The average molecular weight is 330 g/mol. The summed E-state index contributed by atoms with van der Waals surface area (Å²) >= 11 is 0. The Balaban J connectivity index is 1.46. The first-order chi connectivity index (χ1) is 10.6. The predicted octanol–water partition coefficient (Wildman–Crippen LogP) is -0.573. The number of carbonyl (C=O) groups excluding carboxylic acids is 1. The summed E-state index contributed by atoms with van der Waals surface area (Å²) in [6.45, 7) is 3.14. The third-order valence-corrected chi connectivity index (χ3v) is 7.40. The van der Waals surface area contributed by atoms with Gasteiger partial charge in [0.2, 0.25) is 15.9 Å². The lowest BCUT2D eigenvalue weighted by molar-refractivity contribution is -0.142. The van der Waals surface area contributed by atoms with E-state index < -0.39 is 10.0 Å². The molecule has 1 aliphatic carbocycles. The number of hydrogen-bond donors (Lipinski definition) is 0. The quantitative estimate of drug-likeness (QED) is 0.692. The Morgan fingerprint density at radius 3 is 2.50 bits per heavy atom. The highest BCUT2D eigenvalue weighted by molar-refractivity contribution is 7.90. The fraction of sp³-hybridized carbons (Fsp3) is 0.929. The van der Waals surface area contributed by atoms with Crippen molar-refractivity contribution in [3.05, 3.63) is 0 Å². The molecule has 4 fully saturated rings. The van der Waals surface area contributed by atoms with E-state index in [9.17, 15) is 13.2 Å². The normalized spacial score (nSPS) is 36.5. The van der Waals surface area contributed by atoms with Gasteiger partial charge < -0.3 is 14.4 Å². The van der Waals surface area contributed by atoms with E-state index in [0.29, 0.717) is 45.8 Å². The Kier molecular flexibility index (Phi) is 3.67. The summed E-state index contributed by atoms with van der Waals surface area (Å²) in [7, 11) is -3.18. The molecule has 8 heteroatoms. The van der Waals surface area contributed by atoms with E-state index in [-0.39, 0.29) is 29.3 Å². The molecule has 0 aromatic carbocycles. The highest BCUT2D eigenvalue weighted by atomic mass is 32.2. The zero-order valence-corrected chi connectivity index (χ0v) is 13.3. The Morgan fingerprint density at radius 1 is 1.09 bits per heavy atom. The van der Waals surface area contributed by atoms with Gasteiger partial charge in [0.25, 0.3) is 0 Å². The second-order valence-corrected chi connectivity index (χ2v) is 8.85. The summed E-state index contributed by atoms with van der Waals surface area (Å²) in [6, 6.07) is 0. The summed E-state index contributed by atoms with van der Waals surface area (Å²) in [5.41, 5.74) is 0. The number of carbonyl (C=O) groups is 1. The standard InChI is InChI=1S/C14H22N2O5S/c17-14(15-3-5-20-6-4-15)12-7-10-8-16(9-13(12)21-10)22(18,19)11-1-2-11/h10-13H,1-9H2/t10-,12+,13-/m1/s1. The van der Waals surface area contributed by atoms with Crippen LogP contribution in [0.4, 0.5) is 0 Å². The fourth-order valence-corrected chi connectivity index (χ4v) is 5.57. The van der Waals surface area contributed by atoms with Crippen molar-refractivity contribution < 1.29 is 22.7 Å². The number of hydrogen-bond acceptors (Lipinski definition) is 5. The molecule has 3 aliphatic heterocycles. The zero-order chi connectivity index (χ0) is 15.3. The van der Waals surface area contributed by atoms with Gasteiger partial charge in [-0.3, -0.25) is 4.79 Å². The lowest BCUT2D eigenvalue weighted by Gasteiger charge is -2.33. The molecule has 0 spiro atoms. The van der Waals surface area contributed by atoms with Gasteiger partial charge in [0.15, 0.2) is 0 Å². The molecule has 124 valence electrons.